The van der Waals surface area contributed by atoms with Gasteiger partial charge in [0.25, 0.3) is 0 Å². The van der Waals surface area contributed by atoms with E-state index in [4.69, 9.17) is 36.3 Å². The predicted molar refractivity (Wildman–Crippen MR) is 128 cm³/mol. The molecule has 0 bridgehead atoms. The Hall–Kier alpha value is 0.0738. The van der Waals surface area contributed by atoms with Crippen LogP contribution in [0.15, 0.2) is 0 Å². The van der Waals surface area contributed by atoms with Gasteiger partial charge in [-0.3, -0.25) is 4.90 Å². The van der Waals surface area contributed by atoms with Crippen molar-refractivity contribution in [2.75, 3.05) is 87.2 Å². The van der Waals surface area contributed by atoms with Crippen LogP contribution in [0.3, 0.4) is 0 Å². The van der Waals surface area contributed by atoms with Crippen molar-refractivity contribution >= 4 is 17.4 Å². The number of ether oxygens (including phenoxy) is 3. The maximum Gasteiger partial charge on any atom is 0.500 e. The molecule has 0 aromatic rings. The molecule has 1 unspecified atom stereocenters. The first-order valence-corrected chi connectivity index (χ1v) is 16.3. The molecule has 192 valence electrons. The molecule has 2 fully saturated rings. The topological polar surface area (TPSA) is 80.4 Å². The second-order valence-corrected chi connectivity index (χ2v) is 14.4. The zero-order chi connectivity index (χ0) is 23.7. The molecule has 1 atom stereocenters. The summed E-state index contributed by atoms with van der Waals surface area (Å²) in [6.07, 6.45) is 2.42. The Morgan fingerprint density at radius 1 is 0.906 bits per heavy atom. The molecule has 0 aliphatic carbocycles. The third kappa shape index (κ3) is 13.1. The number of hydrogen-bond acceptors (Lipinski definition) is 9. The van der Waals surface area contributed by atoms with Crippen molar-refractivity contribution in [3.05, 3.63) is 0 Å². The van der Waals surface area contributed by atoms with Crippen LogP contribution < -0.4 is 0 Å². The van der Waals surface area contributed by atoms with Crippen LogP contribution in [0.1, 0.15) is 26.7 Å². The van der Waals surface area contributed by atoms with Crippen LogP contribution in [0.5, 0.6) is 0 Å². The average molecular weight is 498 g/mol. The van der Waals surface area contributed by atoms with Gasteiger partial charge in [0.15, 0.2) is 0 Å². The summed E-state index contributed by atoms with van der Waals surface area (Å²) in [6.45, 7) is 14.8. The first-order valence-electron chi connectivity index (χ1n) is 11.9. The molecule has 2 aliphatic rings. The Morgan fingerprint density at radius 3 is 2.00 bits per heavy atom. The van der Waals surface area contributed by atoms with E-state index in [1.165, 1.54) is 0 Å². The van der Waals surface area contributed by atoms with Crippen LogP contribution in [0.2, 0.25) is 18.6 Å². The van der Waals surface area contributed by atoms with E-state index in [2.05, 4.69) is 11.4 Å². The lowest BCUT2D eigenvalue weighted by atomic mass is 10.3. The van der Waals surface area contributed by atoms with E-state index < -0.39 is 17.4 Å². The number of nitrogens with zero attached hydrogens (tertiary/aromatic N) is 1. The van der Waals surface area contributed by atoms with Crippen molar-refractivity contribution in [1.29, 1.82) is 0 Å². The standard InChI is InChI=1S/C11H24O4Si.C10H23NO4Si/c1-4-14-16(3,15-5-2)8-6-7-12-9-11-10-13-11;1-12-16(13-2,14-3)10-4-5-11-6-8-15-9-7-11/h11H,4-10H2,1-3H3;4-10H2,1-3H3. The molecule has 32 heavy (non-hydrogen) atoms. The van der Waals surface area contributed by atoms with Crippen molar-refractivity contribution in [3.63, 3.8) is 0 Å². The van der Waals surface area contributed by atoms with E-state index in [-0.39, 0.29) is 0 Å². The molecule has 2 rings (SSSR count). The van der Waals surface area contributed by atoms with Crippen LogP contribution in [-0.2, 0) is 36.3 Å². The van der Waals surface area contributed by atoms with Gasteiger partial charge in [-0.1, -0.05) is 0 Å². The summed E-state index contributed by atoms with van der Waals surface area (Å²) in [5.74, 6) is 0. The zero-order valence-corrected chi connectivity index (χ0v) is 23.2. The van der Waals surface area contributed by atoms with Crippen LogP contribution in [-0.4, -0.2) is 116 Å². The van der Waals surface area contributed by atoms with Crippen LogP contribution in [0, 0.1) is 0 Å². The van der Waals surface area contributed by atoms with Crippen molar-refractivity contribution < 1.29 is 36.3 Å². The largest absolute Gasteiger partial charge is 0.500 e. The summed E-state index contributed by atoms with van der Waals surface area (Å²) in [5.41, 5.74) is 0. The summed E-state index contributed by atoms with van der Waals surface area (Å²) in [4.78, 5) is 2.41. The lowest BCUT2D eigenvalue weighted by molar-refractivity contribution is 0.0370. The minimum Gasteiger partial charge on any atom is -0.395 e. The van der Waals surface area contributed by atoms with Gasteiger partial charge in [-0.15, -0.1) is 0 Å². The number of hydrogen-bond donors (Lipinski definition) is 0. The molecular weight excluding hydrogens is 450 g/mol. The summed E-state index contributed by atoms with van der Waals surface area (Å²) in [7, 11) is 0.700. The van der Waals surface area contributed by atoms with Crippen molar-refractivity contribution in [2.24, 2.45) is 0 Å². The van der Waals surface area contributed by atoms with Crippen LogP contribution >= 0.6 is 0 Å². The molecule has 11 heteroatoms. The Morgan fingerprint density at radius 2 is 1.50 bits per heavy atom. The smallest absolute Gasteiger partial charge is 0.395 e. The second-order valence-electron chi connectivity index (χ2n) is 7.99. The molecule has 2 aliphatic heterocycles. The van der Waals surface area contributed by atoms with Gasteiger partial charge in [0.1, 0.15) is 6.10 Å². The van der Waals surface area contributed by atoms with Gasteiger partial charge >= 0.3 is 17.4 Å². The fraction of sp³-hybridized carbons (Fsp3) is 1.00. The molecule has 0 spiro atoms. The van der Waals surface area contributed by atoms with Crippen LogP contribution in [0.4, 0.5) is 0 Å². The van der Waals surface area contributed by atoms with E-state index in [1.54, 1.807) is 21.3 Å². The van der Waals surface area contributed by atoms with E-state index in [9.17, 15) is 0 Å². The maximum absolute atomic E-state index is 5.75. The highest BCUT2D eigenvalue weighted by Gasteiger charge is 2.37. The molecule has 0 amide bonds. The van der Waals surface area contributed by atoms with Gasteiger partial charge in [-0.2, -0.15) is 0 Å². The van der Waals surface area contributed by atoms with Gasteiger partial charge in [0.2, 0.25) is 0 Å². The number of epoxide rings is 1. The first kappa shape index (κ1) is 30.1. The average Bonchev–Trinajstić information content (AvgIpc) is 3.63. The maximum atomic E-state index is 5.75. The Kier molecular flexibility index (Phi) is 16.5. The molecule has 0 aromatic carbocycles. The normalized spacial score (nSPS) is 19.5. The molecule has 2 saturated heterocycles. The first-order chi connectivity index (χ1) is 15.5. The second kappa shape index (κ2) is 17.5. The van der Waals surface area contributed by atoms with Gasteiger partial charge in [-0.05, 0) is 45.8 Å². The summed E-state index contributed by atoms with van der Waals surface area (Å²) in [6, 6.07) is 1.87. The Bertz CT molecular complexity index is 435. The molecule has 0 aromatic heterocycles. The highest BCUT2D eigenvalue weighted by atomic mass is 28.4. The fourth-order valence-corrected chi connectivity index (χ4v) is 7.65. The van der Waals surface area contributed by atoms with Gasteiger partial charge in [-0.25, -0.2) is 0 Å². The van der Waals surface area contributed by atoms with Gasteiger partial charge < -0.3 is 36.3 Å². The minimum absolute atomic E-state index is 0.363. The van der Waals surface area contributed by atoms with Gasteiger partial charge in [0, 0.05) is 60.3 Å². The van der Waals surface area contributed by atoms with Crippen molar-refractivity contribution in [1.82, 2.24) is 4.90 Å². The zero-order valence-electron chi connectivity index (χ0n) is 21.2. The monoisotopic (exact) mass is 497 g/mol. The third-order valence-electron chi connectivity index (χ3n) is 5.52. The molecule has 0 radical (unpaired) electrons. The molecule has 0 saturated carbocycles. The van der Waals surface area contributed by atoms with E-state index in [0.717, 1.165) is 90.8 Å². The molecule has 9 nitrogen and oxygen atoms in total. The lowest BCUT2D eigenvalue weighted by Gasteiger charge is -2.28. The highest BCUT2D eigenvalue weighted by Crippen LogP contribution is 2.17. The number of morpholine rings is 1. The molecule has 0 N–H and O–H groups in total. The Labute approximate surface area is 197 Å². The molecule has 2 heterocycles. The van der Waals surface area contributed by atoms with E-state index >= 15 is 0 Å². The van der Waals surface area contributed by atoms with Gasteiger partial charge in [0.05, 0.1) is 26.4 Å². The van der Waals surface area contributed by atoms with Crippen LogP contribution in [0.25, 0.3) is 0 Å². The Balaban J connectivity index is 0.000000320. The van der Waals surface area contributed by atoms with Crippen molar-refractivity contribution in [3.8, 4) is 0 Å². The quantitative estimate of drug-likeness (QED) is 0.171. The minimum atomic E-state index is -2.36. The van der Waals surface area contributed by atoms with E-state index in [0.29, 0.717) is 6.10 Å². The summed E-state index contributed by atoms with van der Waals surface area (Å²) >= 11 is 0. The summed E-state index contributed by atoms with van der Waals surface area (Å²) < 4.78 is 43.5. The van der Waals surface area contributed by atoms with Crippen molar-refractivity contribution in [2.45, 2.75) is 51.4 Å². The highest BCUT2D eigenvalue weighted by molar-refractivity contribution is 6.66. The summed E-state index contributed by atoms with van der Waals surface area (Å²) in [5, 5.41) is 0. The fourth-order valence-electron chi connectivity index (χ4n) is 3.57. The predicted octanol–water partition coefficient (Wildman–Crippen LogP) is 2.52. The molecular formula is C21H47NO8Si2. The number of rotatable bonds is 17. The van der Waals surface area contributed by atoms with E-state index in [1.807, 2.05) is 13.8 Å². The SMILES string of the molecule is CCO[Si](C)(CCCOCC1CO1)OCC.CO[Si](CCCN1CCOCC1)(OC)OC. The lowest BCUT2D eigenvalue weighted by Crippen LogP contribution is -2.44. The third-order valence-corrected chi connectivity index (χ3v) is 11.4.